The van der Waals surface area contributed by atoms with Gasteiger partial charge in [-0.25, -0.2) is 4.99 Å². The van der Waals surface area contributed by atoms with Crippen LogP contribution in [0.1, 0.15) is 28.5 Å². The molecular formula is C15H17N3O2S. The second kappa shape index (κ2) is 5.83. The lowest BCUT2D eigenvalue weighted by Crippen LogP contribution is -2.22. The second-order valence-corrected chi connectivity index (χ2v) is 5.91. The number of hydrogen-bond donors (Lipinski definition) is 1. The van der Waals surface area contributed by atoms with Gasteiger partial charge in [0.2, 0.25) is 5.91 Å². The SMILES string of the molecule is Cc1csc(=Nc2ccc(C(N)=O)cc2)n1C1CCOC1. The molecule has 2 heterocycles. The topological polar surface area (TPSA) is 69.6 Å². The number of rotatable bonds is 3. The van der Waals surface area contributed by atoms with Crippen LogP contribution in [0.25, 0.3) is 0 Å². The Morgan fingerprint density at radius 1 is 1.43 bits per heavy atom. The number of amides is 1. The summed E-state index contributed by atoms with van der Waals surface area (Å²) in [5.41, 5.74) is 7.75. The fourth-order valence-corrected chi connectivity index (χ4v) is 3.42. The zero-order valence-corrected chi connectivity index (χ0v) is 12.6. The molecule has 1 atom stereocenters. The molecule has 2 aromatic rings. The first kappa shape index (κ1) is 14.0. The molecule has 1 aliphatic heterocycles. The van der Waals surface area contributed by atoms with Gasteiger partial charge in [-0.3, -0.25) is 4.79 Å². The van der Waals surface area contributed by atoms with Gasteiger partial charge in [-0.05, 0) is 37.6 Å². The molecular weight excluding hydrogens is 286 g/mol. The van der Waals surface area contributed by atoms with Gasteiger partial charge in [0, 0.05) is 23.2 Å². The van der Waals surface area contributed by atoms with E-state index in [1.165, 1.54) is 5.69 Å². The van der Waals surface area contributed by atoms with Crippen LogP contribution >= 0.6 is 11.3 Å². The van der Waals surface area contributed by atoms with Crippen molar-refractivity contribution < 1.29 is 9.53 Å². The summed E-state index contributed by atoms with van der Waals surface area (Å²) in [5, 5.41) is 2.11. The van der Waals surface area contributed by atoms with Gasteiger partial charge in [-0.1, -0.05) is 0 Å². The van der Waals surface area contributed by atoms with Crippen molar-refractivity contribution in [1.29, 1.82) is 0 Å². The fourth-order valence-electron chi connectivity index (χ4n) is 2.46. The van der Waals surface area contributed by atoms with E-state index in [2.05, 4.69) is 21.9 Å². The van der Waals surface area contributed by atoms with Crippen LogP contribution in [-0.4, -0.2) is 23.7 Å². The van der Waals surface area contributed by atoms with Crippen molar-refractivity contribution >= 4 is 22.9 Å². The molecule has 1 amide bonds. The van der Waals surface area contributed by atoms with Crippen molar-refractivity contribution in [2.45, 2.75) is 19.4 Å². The molecule has 5 nitrogen and oxygen atoms in total. The number of carbonyl (C=O) groups is 1. The Kier molecular flexibility index (Phi) is 3.90. The molecule has 21 heavy (non-hydrogen) atoms. The van der Waals surface area contributed by atoms with E-state index in [0.29, 0.717) is 11.6 Å². The minimum atomic E-state index is -0.424. The van der Waals surface area contributed by atoms with E-state index in [1.54, 1.807) is 23.5 Å². The predicted molar refractivity (Wildman–Crippen MR) is 81.7 cm³/mol. The molecule has 2 N–H and O–H groups in total. The van der Waals surface area contributed by atoms with E-state index < -0.39 is 5.91 Å². The van der Waals surface area contributed by atoms with E-state index in [9.17, 15) is 4.79 Å². The standard InChI is InChI=1S/C15H17N3O2S/c1-10-9-21-15(18(10)13-6-7-20-8-13)17-12-4-2-11(3-5-12)14(16)19/h2-5,9,13H,6-8H2,1H3,(H2,16,19). The predicted octanol–water partition coefficient (Wildman–Crippen LogP) is 2.15. The summed E-state index contributed by atoms with van der Waals surface area (Å²) in [6, 6.07) is 7.38. The minimum Gasteiger partial charge on any atom is -0.379 e. The summed E-state index contributed by atoms with van der Waals surface area (Å²) < 4.78 is 7.71. The van der Waals surface area contributed by atoms with Gasteiger partial charge in [-0.2, -0.15) is 0 Å². The Hall–Kier alpha value is -1.92. The van der Waals surface area contributed by atoms with Gasteiger partial charge in [0.1, 0.15) is 0 Å². The second-order valence-electron chi connectivity index (χ2n) is 5.07. The number of nitrogens with two attached hydrogens (primary N) is 1. The van der Waals surface area contributed by atoms with Crippen LogP contribution < -0.4 is 10.5 Å². The van der Waals surface area contributed by atoms with Crippen LogP contribution in [-0.2, 0) is 4.74 Å². The number of aryl methyl sites for hydroxylation is 1. The molecule has 0 radical (unpaired) electrons. The zero-order chi connectivity index (χ0) is 14.8. The number of ether oxygens (including phenoxy) is 1. The number of carbonyl (C=O) groups excluding carboxylic acids is 1. The Bertz CT molecular complexity index is 709. The largest absolute Gasteiger partial charge is 0.379 e. The van der Waals surface area contributed by atoms with E-state index in [4.69, 9.17) is 10.5 Å². The molecule has 110 valence electrons. The average Bonchev–Trinajstić information content (AvgIpc) is 3.09. The Morgan fingerprint density at radius 2 is 2.19 bits per heavy atom. The summed E-state index contributed by atoms with van der Waals surface area (Å²) in [6.45, 7) is 3.63. The molecule has 1 aromatic carbocycles. The average molecular weight is 303 g/mol. The van der Waals surface area contributed by atoms with Crippen LogP contribution in [0.2, 0.25) is 0 Å². The lowest BCUT2D eigenvalue weighted by Gasteiger charge is -2.12. The molecule has 0 aliphatic carbocycles. The molecule has 0 spiro atoms. The molecule has 1 saturated heterocycles. The number of hydrogen-bond acceptors (Lipinski definition) is 4. The Labute approximate surface area is 126 Å². The van der Waals surface area contributed by atoms with Gasteiger partial charge in [0.15, 0.2) is 4.80 Å². The van der Waals surface area contributed by atoms with Gasteiger partial charge >= 0.3 is 0 Å². The zero-order valence-electron chi connectivity index (χ0n) is 11.8. The number of nitrogens with zero attached hydrogens (tertiary/aromatic N) is 2. The number of aromatic nitrogens is 1. The highest BCUT2D eigenvalue weighted by Gasteiger charge is 2.20. The molecule has 0 saturated carbocycles. The van der Waals surface area contributed by atoms with Gasteiger partial charge in [0.05, 0.1) is 18.3 Å². The third kappa shape index (κ3) is 2.91. The lowest BCUT2D eigenvalue weighted by molar-refractivity contribution is 0.100. The van der Waals surface area contributed by atoms with Gasteiger partial charge in [-0.15, -0.1) is 11.3 Å². The maximum absolute atomic E-state index is 11.1. The monoisotopic (exact) mass is 303 g/mol. The molecule has 1 aromatic heterocycles. The van der Waals surface area contributed by atoms with Crippen LogP contribution in [0.4, 0.5) is 5.69 Å². The first-order valence-corrected chi connectivity index (χ1v) is 7.72. The van der Waals surface area contributed by atoms with Gasteiger partial charge < -0.3 is 15.0 Å². The van der Waals surface area contributed by atoms with Crippen molar-refractivity contribution in [1.82, 2.24) is 4.57 Å². The number of thiazole rings is 1. The van der Waals surface area contributed by atoms with Crippen LogP contribution in [0.5, 0.6) is 0 Å². The summed E-state index contributed by atoms with van der Waals surface area (Å²) in [6.07, 6.45) is 1.02. The highest BCUT2D eigenvalue weighted by Crippen LogP contribution is 2.20. The van der Waals surface area contributed by atoms with Crippen molar-refractivity contribution in [2.24, 2.45) is 10.7 Å². The summed E-state index contributed by atoms with van der Waals surface area (Å²) in [5.74, 6) is -0.424. The first-order valence-electron chi connectivity index (χ1n) is 6.84. The number of benzene rings is 1. The third-order valence-electron chi connectivity index (χ3n) is 3.57. The smallest absolute Gasteiger partial charge is 0.248 e. The van der Waals surface area contributed by atoms with Crippen LogP contribution in [0.3, 0.4) is 0 Å². The normalized spacial score (nSPS) is 19.1. The molecule has 1 fully saturated rings. The number of primary amides is 1. The van der Waals surface area contributed by atoms with Crippen LogP contribution in [0, 0.1) is 6.92 Å². The maximum Gasteiger partial charge on any atom is 0.248 e. The van der Waals surface area contributed by atoms with Crippen molar-refractivity contribution in [3.8, 4) is 0 Å². The third-order valence-corrected chi connectivity index (χ3v) is 4.53. The fraction of sp³-hybridized carbons (Fsp3) is 0.333. The van der Waals surface area contributed by atoms with E-state index in [-0.39, 0.29) is 0 Å². The van der Waals surface area contributed by atoms with Gasteiger partial charge in [0.25, 0.3) is 0 Å². The summed E-state index contributed by atoms with van der Waals surface area (Å²) >= 11 is 1.62. The van der Waals surface area contributed by atoms with Crippen molar-refractivity contribution in [3.63, 3.8) is 0 Å². The van der Waals surface area contributed by atoms with Crippen molar-refractivity contribution in [2.75, 3.05) is 13.2 Å². The molecule has 1 unspecified atom stereocenters. The van der Waals surface area contributed by atoms with E-state index >= 15 is 0 Å². The van der Waals surface area contributed by atoms with Crippen molar-refractivity contribution in [3.05, 3.63) is 45.7 Å². The first-order chi connectivity index (χ1) is 10.1. The molecule has 6 heteroatoms. The molecule has 1 aliphatic rings. The summed E-state index contributed by atoms with van der Waals surface area (Å²) in [4.78, 5) is 16.7. The lowest BCUT2D eigenvalue weighted by atomic mass is 10.2. The quantitative estimate of drug-likeness (QED) is 0.944. The highest BCUT2D eigenvalue weighted by molar-refractivity contribution is 7.07. The summed E-state index contributed by atoms with van der Waals surface area (Å²) in [7, 11) is 0. The molecule has 0 bridgehead atoms. The minimum absolute atomic E-state index is 0.361. The van der Waals surface area contributed by atoms with E-state index in [0.717, 1.165) is 30.1 Å². The molecule has 3 rings (SSSR count). The Balaban J connectivity index is 1.97. The van der Waals surface area contributed by atoms with E-state index in [1.807, 2.05) is 12.1 Å². The maximum atomic E-state index is 11.1. The van der Waals surface area contributed by atoms with Crippen LogP contribution in [0.15, 0.2) is 34.6 Å². The highest BCUT2D eigenvalue weighted by atomic mass is 32.1. The Morgan fingerprint density at radius 3 is 2.81 bits per heavy atom.